The quantitative estimate of drug-likeness (QED) is 0.763. The summed E-state index contributed by atoms with van der Waals surface area (Å²) in [5.41, 5.74) is 6.48. The van der Waals surface area contributed by atoms with Gasteiger partial charge in [-0.15, -0.1) is 11.3 Å². The first kappa shape index (κ1) is 13.4. The summed E-state index contributed by atoms with van der Waals surface area (Å²) in [6, 6.07) is 2.75. The highest BCUT2D eigenvalue weighted by Crippen LogP contribution is 2.31. The molecule has 2 heterocycles. The first-order chi connectivity index (χ1) is 10.0. The van der Waals surface area contributed by atoms with Crippen LogP contribution in [0.3, 0.4) is 0 Å². The number of nitrogen functional groups attached to an aromatic ring is 1. The zero-order valence-corrected chi connectivity index (χ0v) is 11.2. The molecular formula is C13H8F2N4OS. The number of benzene rings is 1. The van der Waals surface area contributed by atoms with Gasteiger partial charge in [0, 0.05) is 24.1 Å². The molecule has 0 aliphatic carbocycles. The lowest BCUT2D eigenvalue weighted by Gasteiger charge is -2.04. The van der Waals surface area contributed by atoms with Gasteiger partial charge in [0.2, 0.25) is 0 Å². The van der Waals surface area contributed by atoms with Crippen LogP contribution >= 0.6 is 11.3 Å². The zero-order chi connectivity index (χ0) is 15.0. The molecule has 0 radical (unpaired) electrons. The fraction of sp³-hybridized carbons (Fsp3) is 0. The summed E-state index contributed by atoms with van der Waals surface area (Å²) in [5, 5.41) is 2.40. The molecule has 0 spiro atoms. The fourth-order valence-electron chi connectivity index (χ4n) is 1.83. The molecule has 0 aliphatic heterocycles. The van der Waals surface area contributed by atoms with Crippen LogP contribution in [0.15, 0.2) is 30.6 Å². The first-order valence-electron chi connectivity index (χ1n) is 5.81. The predicted octanol–water partition coefficient (Wildman–Crippen LogP) is 2.80. The highest BCUT2D eigenvalue weighted by molar-refractivity contribution is 7.21. The maximum Gasteiger partial charge on any atom is 0.268 e. The van der Waals surface area contributed by atoms with Gasteiger partial charge in [-0.1, -0.05) is 0 Å². The van der Waals surface area contributed by atoms with Crippen molar-refractivity contribution in [2.24, 2.45) is 0 Å². The van der Waals surface area contributed by atoms with E-state index in [0.717, 1.165) is 29.5 Å². The van der Waals surface area contributed by atoms with E-state index in [-0.39, 0.29) is 16.3 Å². The highest BCUT2D eigenvalue weighted by Gasteiger charge is 2.18. The number of carbonyl (C=O) groups excluding carboxylic acids is 1. The molecule has 106 valence electrons. The van der Waals surface area contributed by atoms with Crippen LogP contribution in [0.25, 0.3) is 10.3 Å². The number of nitrogens with two attached hydrogens (primary N) is 1. The number of nitrogens with one attached hydrogen (secondary N) is 1. The Hall–Kier alpha value is -2.61. The number of fused-ring (bicyclic) bond motifs is 1. The van der Waals surface area contributed by atoms with Crippen molar-refractivity contribution >= 4 is 39.0 Å². The van der Waals surface area contributed by atoms with Crippen LogP contribution < -0.4 is 11.1 Å². The molecule has 0 fully saturated rings. The van der Waals surface area contributed by atoms with Gasteiger partial charge in [-0.3, -0.25) is 4.79 Å². The third-order valence-corrected chi connectivity index (χ3v) is 3.79. The molecule has 1 aromatic carbocycles. The molecule has 3 rings (SSSR count). The van der Waals surface area contributed by atoms with E-state index in [9.17, 15) is 13.6 Å². The van der Waals surface area contributed by atoms with Gasteiger partial charge in [-0.25, -0.2) is 18.7 Å². The van der Waals surface area contributed by atoms with E-state index in [0.29, 0.717) is 10.3 Å². The Balaban J connectivity index is 1.95. The summed E-state index contributed by atoms with van der Waals surface area (Å²) in [6.07, 6.45) is 2.96. The Morgan fingerprint density at radius 2 is 1.81 bits per heavy atom. The van der Waals surface area contributed by atoms with Crippen LogP contribution in [0.2, 0.25) is 0 Å². The Morgan fingerprint density at radius 1 is 1.14 bits per heavy atom. The zero-order valence-electron chi connectivity index (χ0n) is 10.4. The number of nitrogens with zero attached hydrogens (tertiary/aromatic N) is 2. The molecule has 0 aliphatic rings. The van der Waals surface area contributed by atoms with Crippen molar-refractivity contribution in [2.45, 2.75) is 0 Å². The highest BCUT2D eigenvalue weighted by atomic mass is 32.1. The number of hydrogen-bond donors (Lipinski definition) is 2. The van der Waals surface area contributed by atoms with Crippen molar-refractivity contribution in [2.75, 3.05) is 11.1 Å². The van der Waals surface area contributed by atoms with E-state index in [1.54, 1.807) is 0 Å². The number of amides is 1. The maximum absolute atomic E-state index is 13.1. The van der Waals surface area contributed by atoms with Gasteiger partial charge in [0.15, 0.2) is 0 Å². The van der Waals surface area contributed by atoms with Crippen molar-refractivity contribution in [1.82, 2.24) is 9.97 Å². The minimum Gasteiger partial charge on any atom is -0.396 e. The van der Waals surface area contributed by atoms with Crippen LogP contribution in [0, 0.1) is 11.6 Å². The van der Waals surface area contributed by atoms with Gasteiger partial charge in [0.1, 0.15) is 26.9 Å². The minimum absolute atomic E-state index is 0.00951. The van der Waals surface area contributed by atoms with Crippen LogP contribution in [0.5, 0.6) is 0 Å². The largest absolute Gasteiger partial charge is 0.396 e. The molecular weight excluding hydrogens is 298 g/mol. The molecule has 8 heteroatoms. The van der Waals surface area contributed by atoms with E-state index in [1.165, 1.54) is 12.4 Å². The van der Waals surface area contributed by atoms with Gasteiger partial charge >= 0.3 is 0 Å². The Kier molecular flexibility index (Phi) is 3.22. The molecule has 0 bridgehead atoms. The molecule has 0 unspecified atom stereocenters. The topological polar surface area (TPSA) is 80.9 Å². The Labute approximate surface area is 121 Å². The standard InChI is InChI=1S/C13H8F2N4OS/c14-6-3-7(15)5-8(4-6)19-12(20)11-9(16)10-13(21-11)18-2-1-17-10/h1-5H,16H2,(H,19,20). The SMILES string of the molecule is Nc1c(C(=O)Nc2cc(F)cc(F)c2)sc2nccnc12. The fourth-order valence-corrected chi connectivity index (χ4v) is 2.74. The van der Waals surface area contributed by atoms with Gasteiger partial charge < -0.3 is 11.1 Å². The smallest absolute Gasteiger partial charge is 0.268 e. The molecule has 2 aromatic heterocycles. The summed E-state index contributed by atoms with van der Waals surface area (Å²) in [6.45, 7) is 0. The van der Waals surface area contributed by atoms with E-state index in [4.69, 9.17) is 5.73 Å². The second-order valence-corrected chi connectivity index (χ2v) is 5.17. The van der Waals surface area contributed by atoms with Gasteiger partial charge in [0.25, 0.3) is 5.91 Å². The predicted molar refractivity (Wildman–Crippen MR) is 76.1 cm³/mol. The third-order valence-electron chi connectivity index (χ3n) is 2.69. The lowest BCUT2D eigenvalue weighted by atomic mass is 10.3. The normalized spacial score (nSPS) is 10.8. The lowest BCUT2D eigenvalue weighted by Crippen LogP contribution is -2.12. The number of thiophene rings is 1. The molecule has 1 amide bonds. The number of aromatic nitrogens is 2. The molecule has 0 saturated heterocycles. The lowest BCUT2D eigenvalue weighted by molar-refractivity contribution is 0.103. The average molecular weight is 306 g/mol. The van der Waals surface area contributed by atoms with E-state index in [2.05, 4.69) is 15.3 Å². The van der Waals surface area contributed by atoms with Crippen molar-refractivity contribution in [3.63, 3.8) is 0 Å². The van der Waals surface area contributed by atoms with Crippen LogP contribution in [0.4, 0.5) is 20.2 Å². The molecule has 3 aromatic rings. The summed E-state index contributed by atoms with van der Waals surface area (Å²) in [4.78, 5) is 21.0. The summed E-state index contributed by atoms with van der Waals surface area (Å²) in [7, 11) is 0. The van der Waals surface area contributed by atoms with E-state index in [1.807, 2.05) is 0 Å². The summed E-state index contributed by atoms with van der Waals surface area (Å²) < 4.78 is 26.2. The second-order valence-electron chi connectivity index (χ2n) is 4.17. The number of rotatable bonds is 2. The van der Waals surface area contributed by atoms with Gasteiger partial charge in [0.05, 0.1) is 5.69 Å². The average Bonchev–Trinajstić information content (AvgIpc) is 2.76. The molecule has 0 atom stereocenters. The monoisotopic (exact) mass is 306 g/mol. The Morgan fingerprint density at radius 3 is 2.48 bits per heavy atom. The van der Waals surface area contributed by atoms with E-state index >= 15 is 0 Å². The summed E-state index contributed by atoms with van der Waals surface area (Å²) in [5.74, 6) is -2.13. The minimum atomic E-state index is -0.780. The van der Waals surface area contributed by atoms with Crippen molar-refractivity contribution in [3.05, 3.63) is 47.1 Å². The molecule has 0 saturated carbocycles. The van der Waals surface area contributed by atoms with Gasteiger partial charge in [-0.05, 0) is 12.1 Å². The number of anilines is 2. The molecule has 21 heavy (non-hydrogen) atoms. The van der Waals surface area contributed by atoms with Crippen LogP contribution in [0.1, 0.15) is 9.67 Å². The first-order valence-corrected chi connectivity index (χ1v) is 6.62. The number of carbonyl (C=O) groups is 1. The van der Waals surface area contributed by atoms with Gasteiger partial charge in [-0.2, -0.15) is 0 Å². The van der Waals surface area contributed by atoms with Crippen molar-refractivity contribution in [3.8, 4) is 0 Å². The Bertz CT molecular complexity index is 829. The second kappa shape index (κ2) is 5.06. The van der Waals surface area contributed by atoms with Crippen LogP contribution in [-0.2, 0) is 0 Å². The number of halogens is 2. The number of hydrogen-bond acceptors (Lipinski definition) is 5. The maximum atomic E-state index is 13.1. The van der Waals surface area contributed by atoms with Crippen LogP contribution in [-0.4, -0.2) is 15.9 Å². The van der Waals surface area contributed by atoms with E-state index < -0.39 is 17.5 Å². The third kappa shape index (κ3) is 2.52. The van der Waals surface area contributed by atoms with Crippen molar-refractivity contribution in [1.29, 1.82) is 0 Å². The molecule has 5 nitrogen and oxygen atoms in total. The summed E-state index contributed by atoms with van der Waals surface area (Å²) >= 11 is 1.06. The van der Waals surface area contributed by atoms with Crippen molar-refractivity contribution < 1.29 is 13.6 Å². The molecule has 3 N–H and O–H groups in total.